The molecule has 0 aliphatic heterocycles. The first-order valence-electron chi connectivity index (χ1n) is 11.7. The van der Waals surface area contributed by atoms with Crippen LogP contribution in [0, 0.1) is 11.3 Å². The molecule has 0 aliphatic rings. The largest absolute Gasteiger partial charge is 0.497 e. The molecule has 198 valence electrons. The topological polar surface area (TPSA) is 113 Å². The zero-order valence-corrected chi connectivity index (χ0v) is 22.4. The zero-order valence-electron chi connectivity index (χ0n) is 20.9. The third kappa shape index (κ3) is 7.15. The van der Waals surface area contributed by atoms with E-state index in [9.17, 15) is 18.5 Å². The number of hydrogen-bond donors (Lipinski definition) is 1. The van der Waals surface area contributed by atoms with E-state index in [0.29, 0.717) is 22.2 Å². The normalized spacial score (nSPS) is 11.7. The number of ether oxygens (including phenoxy) is 1. The summed E-state index contributed by atoms with van der Waals surface area (Å²) in [5.74, 6) is 0.584. The molecule has 0 aliphatic carbocycles. The van der Waals surface area contributed by atoms with E-state index in [2.05, 4.69) is 5.32 Å². The molecule has 0 fully saturated rings. The second-order valence-corrected chi connectivity index (χ2v) is 10.7. The predicted octanol–water partition coefficient (Wildman–Crippen LogP) is 5.88. The van der Waals surface area contributed by atoms with Gasteiger partial charge in [0.1, 0.15) is 28.9 Å². The lowest BCUT2D eigenvalue weighted by molar-refractivity contribution is -0.112. The van der Waals surface area contributed by atoms with E-state index in [1.165, 1.54) is 41.8 Å². The number of nitriles is 1. The highest BCUT2D eigenvalue weighted by Gasteiger charge is 2.26. The van der Waals surface area contributed by atoms with Gasteiger partial charge in [-0.1, -0.05) is 41.9 Å². The lowest BCUT2D eigenvalue weighted by atomic mass is 10.2. The predicted molar refractivity (Wildman–Crippen MR) is 148 cm³/mol. The van der Waals surface area contributed by atoms with Crippen LogP contribution in [-0.4, -0.2) is 25.7 Å². The van der Waals surface area contributed by atoms with Crippen LogP contribution in [-0.2, 0) is 27.9 Å². The summed E-state index contributed by atoms with van der Waals surface area (Å²) in [7, 11) is -2.37. The van der Waals surface area contributed by atoms with Gasteiger partial charge in [-0.15, -0.1) is 0 Å². The maximum atomic E-state index is 13.5. The van der Waals surface area contributed by atoms with Gasteiger partial charge in [0.25, 0.3) is 5.91 Å². The van der Waals surface area contributed by atoms with Crippen LogP contribution in [0.5, 0.6) is 5.75 Å². The van der Waals surface area contributed by atoms with Crippen LogP contribution in [0.3, 0.4) is 0 Å². The first-order valence-corrected chi connectivity index (χ1v) is 13.6. The number of carbonyl (C=O) groups is 1. The van der Waals surface area contributed by atoms with Gasteiger partial charge in [0.2, 0.25) is 10.0 Å². The maximum Gasteiger partial charge on any atom is 0.266 e. The Labute approximate surface area is 231 Å². The molecule has 1 amide bonds. The Balaban J connectivity index is 1.55. The summed E-state index contributed by atoms with van der Waals surface area (Å²) in [6, 6.07) is 26.9. The molecule has 0 bridgehead atoms. The summed E-state index contributed by atoms with van der Waals surface area (Å²) in [4.78, 5) is 12.7. The van der Waals surface area contributed by atoms with Crippen LogP contribution in [0.15, 0.2) is 106 Å². The molecular weight excluding hydrogens is 538 g/mol. The molecule has 3 aromatic carbocycles. The van der Waals surface area contributed by atoms with Crippen molar-refractivity contribution in [3.63, 3.8) is 0 Å². The first kappa shape index (κ1) is 27.7. The Bertz CT molecular complexity index is 1610. The highest BCUT2D eigenvalue weighted by atomic mass is 35.5. The molecule has 1 heterocycles. The van der Waals surface area contributed by atoms with Crippen molar-refractivity contribution in [1.82, 2.24) is 4.31 Å². The zero-order chi connectivity index (χ0) is 27.8. The van der Waals surface area contributed by atoms with Gasteiger partial charge in [-0.05, 0) is 66.2 Å². The van der Waals surface area contributed by atoms with Crippen LogP contribution in [0.1, 0.15) is 17.1 Å². The summed E-state index contributed by atoms with van der Waals surface area (Å²) >= 11 is 5.95. The lowest BCUT2D eigenvalue weighted by Crippen LogP contribution is -2.30. The van der Waals surface area contributed by atoms with Gasteiger partial charge in [0, 0.05) is 23.3 Å². The smallest absolute Gasteiger partial charge is 0.266 e. The van der Waals surface area contributed by atoms with Crippen molar-refractivity contribution >= 4 is 39.3 Å². The van der Waals surface area contributed by atoms with Crippen LogP contribution in [0.4, 0.5) is 5.69 Å². The van der Waals surface area contributed by atoms with Gasteiger partial charge in [-0.3, -0.25) is 4.79 Å². The molecule has 1 aromatic heterocycles. The van der Waals surface area contributed by atoms with Crippen LogP contribution < -0.4 is 10.1 Å². The molecule has 1 N–H and O–H groups in total. The van der Waals surface area contributed by atoms with Crippen molar-refractivity contribution < 1.29 is 22.4 Å². The molecule has 8 nitrogen and oxygen atoms in total. The quantitative estimate of drug-likeness (QED) is 0.191. The molecule has 4 aromatic rings. The molecule has 0 spiro atoms. The van der Waals surface area contributed by atoms with E-state index >= 15 is 0 Å². The van der Waals surface area contributed by atoms with E-state index in [0.717, 1.165) is 5.56 Å². The minimum Gasteiger partial charge on any atom is -0.497 e. The van der Waals surface area contributed by atoms with Gasteiger partial charge in [0.15, 0.2) is 0 Å². The van der Waals surface area contributed by atoms with E-state index in [1.807, 2.05) is 36.4 Å². The summed E-state index contributed by atoms with van der Waals surface area (Å²) in [6.45, 7) is 0.0268. The Hall–Kier alpha value is -4.36. The number of halogens is 1. The monoisotopic (exact) mass is 561 g/mol. The van der Waals surface area contributed by atoms with Crippen LogP contribution in [0.2, 0.25) is 5.02 Å². The fraction of sp³-hybridized carbons (Fsp3) is 0.103. The fourth-order valence-corrected chi connectivity index (χ4v) is 5.18. The summed E-state index contributed by atoms with van der Waals surface area (Å²) in [5, 5.41) is 12.6. The van der Waals surface area contributed by atoms with Gasteiger partial charge in [-0.25, -0.2) is 8.42 Å². The SMILES string of the molecule is COc1ccc(NC(=O)/C(C#N)=C\c2ccc(CN(Cc3ccccc3)S(=O)(=O)c3ccc(Cl)cc3)o2)cc1. The van der Waals surface area contributed by atoms with E-state index in [4.69, 9.17) is 20.8 Å². The Morgan fingerprint density at radius 3 is 2.33 bits per heavy atom. The van der Waals surface area contributed by atoms with Crippen LogP contribution >= 0.6 is 11.6 Å². The number of methoxy groups -OCH3 is 1. The molecule has 4 rings (SSSR count). The highest BCUT2D eigenvalue weighted by Crippen LogP contribution is 2.24. The number of nitrogens with zero attached hydrogens (tertiary/aromatic N) is 2. The Morgan fingerprint density at radius 2 is 1.69 bits per heavy atom. The first-order chi connectivity index (χ1) is 18.8. The van der Waals surface area contributed by atoms with Crippen molar-refractivity contribution in [1.29, 1.82) is 5.26 Å². The number of benzene rings is 3. The number of amides is 1. The molecule has 0 saturated heterocycles. The van der Waals surface area contributed by atoms with E-state index in [-0.39, 0.29) is 29.3 Å². The van der Waals surface area contributed by atoms with Crippen molar-refractivity contribution in [3.05, 3.63) is 119 Å². The minimum absolute atomic E-state index is 0.0758. The number of carbonyl (C=O) groups excluding carboxylic acids is 1. The van der Waals surface area contributed by atoms with E-state index < -0.39 is 15.9 Å². The maximum absolute atomic E-state index is 13.5. The summed E-state index contributed by atoms with van der Waals surface area (Å²) in [5.41, 5.74) is 1.11. The molecule has 39 heavy (non-hydrogen) atoms. The minimum atomic E-state index is -3.91. The van der Waals surface area contributed by atoms with Crippen molar-refractivity contribution in [3.8, 4) is 11.8 Å². The molecular formula is C29H24ClN3O5S. The fourth-order valence-electron chi connectivity index (χ4n) is 3.66. The number of furan rings is 1. The second kappa shape index (κ2) is 12.5. The Morgan fingerprint density at radius 1 is 1.00 bits per heavy atom. The molecule has 0 radical (unpaired) electrons. The van der Waals surface area contributed by atoms with Gasteiger partial charge < -0.3 is 14.5 Å². The second-order valence-electron chi connectivity index (χ2n) is 8.37. The molecule has 10 heteroatoms. The molecule has 0 saturated carbocycles. The average Bonchev–Trinajstić information content (AvgIpc) is 3.39. The summed E-state index contributed by atoms with van der Waals surface area (Å²) < 4.78 is 39.2. The number of anilines is 1. The standard InChI is InChI=1S/C29H24ClN3O5S/c1-37-25-11-9-24(10-12-25)32-29(34)22(18-31)17-26-13-14-27(38-26)20-33(19-21-5-3-2-4-6-21)39(35,36)28-15-7-23(30)8-16-28/h2-17H,19-20H2,1H3,(H,32,34)/b22-17-. The van der Waals surface area contributed by atoms with Crippen molar-refractivity contribution in [2.75, 3.05) is 12.4 Å². The number of nitrogens with one attached hydrogen (secondary N) is 1. The summed E-state index contributed by atoms with van der Waals surface area (Å²) in [6.07, 6.45) is 1.30. The number of rotatable bonds is 10. The third-order valence-corrected chi connectivity index (χ3v) is 7.73. The number of sulfonamides is 1. The lowest BCUT2D eigenvalue weighted by Gasteiger charge is -2.21. The Kier molecular flexibility index (Phi) is 8.84. The van der Waals surface area contributed by atoms with E-state index in [1.54, 1.807) is 36.4 Å². The average molecular weight is 562 g/mol. The number of hydrogen-bond acceptors (Lipinski definition) is 6. The van der Waals surface area contributed by atoms with Gasteiger partial charge >= 0.3 is 0 Å². The highest BCUT2D eigenvalue weighted by molar-refractivity contribution is 7.89. The molecule has 0 atom stereocenters. The van der Waals surface area contributed by atoms with Crippen LogP contribution in [0.25, 0.3) is 6.08 Å². The van der Waals surface area contributed by atoms with Gasteiger partial charge in [0.05, 0.1) is 18.6 Å². The van der Waals surface area contributed by atoms with Crippen molar-refractivity contribution in [2.24, 2.45) is 0 Å². The molecule has 0 unspecified atom stereocenters. The van der Waals surface area contributed by atoms with Crippen molar-refractivity contribution in [2.45, 2.75) is 18.0 Å². The third-order valence-electron chi connectivity index (χ3n) is 5.67. The van der Waals surface area contributed by atoms with Gasteiger partial charge in [-0.2, -0.15) is 9.57 Å².